The van der Waals surface area contributed by atoms with Gasteiger partial charge < -0.3 is 60.3 Å². The quantitative estimate of drug-likeness (QED) is 0.0246. The molecule has 3 heterocycles. The van der Waals surface area contributed by atoms with Crippen molar-refractivity contribution in [3.05, 3.63) is 36.5 Å². The summed E-state index contributed by atoms with van der Waals surface area (Å²) in [5.74, 6) is -4.40. The van der Waals surface area contributed by atoms with E-state index in [2.05, 4.69) is 31.9 Å². The first-order valence-corrected chi connectivity index (χ1v) is 25.1. The van der Waals surface area contributed by atoms with Crippen LogP contribution >= 0.6 is 0 Å². The van der Waals surface area contributed by atoms with E-state index < -0.39 is 35.4 Å². The molecule has 0 aliphatic carbocycles. The van der Waals surface area contributed by atoms with Crippen molar-refractivity contribution in [2.45, 2.75) is 38.5 Å². The number of carbonyl (C=O) groups excluding carboxylic acids is 12. The van der Waals surface area contributed by atoms with Gasteiger partial charge in [-0.2, -0.15) is 0 Å². The Bertz CT molecular complexity index is 1770. The van der Waals surface area contributed by atoms with E-state index in [1.54, 1.807) is 0 Å². The second-order valence-corrected chi connectivity index (χ2v) is 16.6. The molecule has 0 saturated carbocycles. The minimum absolute atomic E-state index is 0.00766. The summed E-state index contributed by atoms with van der Waals surface area (Å²) in [7, 11) is 0. The molecule has 0 unspecified atom stereocenters. The minimum atomic E-state index is -0.448. The average Bonchev–Trinajstić information content (AvgIpc) is 4.02. The number of rotatable bonds is 45. The summed E-state index contributed by atoms with van der Waals surface area (Å²) in [6, 6.07) is 0. The predicted molar refractivity (Wildman–Crippen MR) is 265 cm³/mol. The lowest BCUT2D eigenvalue weighted by atomic mass is 10.3. The Morgan fingerprint density at radius 1 is 0.303 bits per heavy atom. The monoisotopic (exact) mass is 1080 g/mol. The first kappa shape index (κ1) is 63.5. The van der Waals surface area contributed by atoms with E-state index in [0.717, 1.165) is 51.2 Å². The van der Waals surface area contributed by atoms with E-state index in [9.17, 15) is 57.5 Å². The largest absolute Gasteiger partial charge is 0.379 e. The fraction of sp³-hybridized carbons (Fsp3) is 0.625. The van der Waals surface area contributed by atoms with Gasteiger partial charge in [-0.05, 0) is 0 Å². The zero-order valence-corrected chi connectivity index (χ0v) is 42.8. The number of hydrogen-bond donors (Lipinski definition) is 6. The minimum Gasteiger partial charge on any atom is -0.379 e. The number of imide groups is 3. The molecule has 3 aliphatic rings. The summed E-state index contributed by atoms with van der Waals surface area (Å²) < 4.78 is 32.7. The van der Waals surface area contributed by atoms with Crippen LogP contribution in [-0.2, 0) is 86.0 Å². The lowest BCUT2D eigenvalue weighted by Crippen LogP contribution is -2.43. The number of ether oxygens (including phenoxy) is 6. The second kappa shape index (κ2) is 38.7. The average molecular weight is 1080 g/mol. The third kappa shape index (κ3) is 28.7. The van der Waals surface area contributed by atoms with Crippen molar-refractivity contribution < 1.29 is 86.0 Å². The third-order valence-corrected chi connectivity index (χ3v) is 10.9. The summed E-state index contributed by atoms with van der Waals surface area (Å²) in [4.78, 5) is 148. The highest BCUT2D eigenvalue weighted by molar-refractivity contribution is 6.14. The molecule has 3 aliphatic heterocycles. The van der Waals surface area contributed by atoms with Crippen LogP contribution in [0.4, 0.5) is 0 Å². The molecule has 28 heteroatoms. The molecular formula is C48H72N10O18. The van der Waals surface area contributed by atoms with E-state index in [4.69, 9.17) is 28.4 Å². The number of hydrogen-bond acceptors (Lipinski definition) is 19. The van der Waals surface area contributed by atoms with Crippen LogP contribution < -0.4 is 31.9 Å². The Morgan fingerprint density at radius 2 is 0.513 bits per heavy atom. The molecule has 422 valence electrons. The Balaban J connectivity index is 1.23. The first-order valence-electron chi connectivity index (χ1n) is 25.1. The summed E-state index contributed by atoms with van der Waals surface area (Å²) in [6.45, 7) is 5.17. The molecule has 0 saturated heterocycles. The van der Waals surface area contributed by atoms with Gasteiger partial charge >= 0.3 is 0 Å². The lowest BCUT2D eigenvalue weighted by Gasteiger charge is -2.23. The van der Waals surface area contributed by atoms with Crippen molar-refractivity contribution >= 4 is 70.9 Å². The number of nitrogens with zero attached hydrogens (tertiary/aromatic N) is 4. The second-order valence-electron chi connectivity index (χ2n) is 16.6. The standard InChI is InChI=1S/C48H72N10O18/c59-37(7-19-56-43(65)1-2-44(56)66)52-16-28-74-34-31-71-25-10-40(62)49-13-22-55(23-14-50-41(63)11-26-72-32-35-75-29-17-53-38(60)8-20-57-45(67)3-4-46(57)68)24-15-51-42(64)12-27-73-33-36-76-30-18-54-39(61)9-21-58-47(69)5-6-48(58)70/h1-6H,7-36H2,(H,49,62)(H,50,63)(H,51,64)(H,52,59)(H,53,60)(H,54,61). The number of nitrogens with one attached hydrogen (secondary N) is 6. The van der Waals surface area contributed by atoms with Crippen molar-refractivity contribution in [1.29, 1.82) is 0 Å². The third-order valence-electron chi connectivity index (χ3n) is 10.9. The molecule has 0 fully saturated rings. The van der Waals surface area contributed by atoms with Crippen LogP contribution in [0.1, 0.15) is 38.5 Å². The maximum Gasteiger partial charge on any atom is 0.253 e. The fourth-order valence-corrected chi connectivity index (χ4v) is 6.77. The van der Waals surface area contributed by atoms with Crippen LogP contribution in [0.2, 0.25) is 0 Å². The van der Waals surface area contributed by atoms with Crippen LogP contribution in [0.25, 0.3) is 0 Å². The maximum atomic E-state index is 12.5. The van der Waals surface area contributed by atoms with Crippen LogP contribution in [0.15, 0.2) is 36.5 Å². The highest BCUT2D eigenvalue weighted by Gasteiger charge is 2.25. The van der Waals surface area contributed by atoms with Crippen LogP contribution in [-0.4, -0.2) is 248 Å². The molecule has 0 atom stereocenters. The smallest absolute Gasteiger partial charge is 0.253 e. The van der Waals surface area contributed by atoms with Gasteiger partial charge in [-0.15, -0.1) is 0 Å². The van der Waals surface area contributed by atoms with Gasteiger partial charge in [0.1, 0.15) is 0 Å². The molecule has 0 radical (unpaired) electrons. The van der Waals surface area contributed by atoms with Crippen LogP contribution in [0.5, 0.6) is 0 Å². The Kier molecular flexibility index (Phi) is 32.3. The van der Waals surface area contributed by atoms with Crippen molar-refractivity contribution in [3.63, 3.8) is 0 Å². The van der Waals surface area contributed by atoms with Crippen molar-refractivity contribution in [2.24, 2.45) is 0 Å². The highest BCUT2D eigenvalue weighted by atomic mass is 16.5. The Hall–Kier alpha value is -6.82. The van der Waals surface area contributed by atoms with Gasteiger partial charge in [-0.1, -0.05) is 0 Å². The first-order chi connectivity index (χ1) is 36.7. The van der Waals surface area contributed by atoms with E-state index in [-0.39, 0.29) is 212 Å². The van der Waals surface area contributed by atoms with Gasteiger partial charge in [-0.25, -0.2) is 0 Å². The zero-order valence-electron chi connectivity index (χ0n) is 42.8. The SMILES string of the molecule is O=C(CCOCCOCCNC(=O)CCN1C(=O)C=CC1=O)NCCN(CCNC(=O)CCOCCOCCNC(=O)CCN1C(=O)C=CC1=O)CCNC(=O)CCOCCOCCNC(=O)CCN1C(=O)C=CC1=O. The van der Waals surface area contributed by atoms with Crippen molar-refractivity contribution in [1.82, 2.24) is 51.5 Å². The fourth-order valence-electron chi connectivity index (χ4n) is 6.77. The Morgan fingerprint density at radius 3 is 0.763 bits per heavy atom. The summed E-state index contributed by atoms with van der Waals surface area (Å²) in [5, 5.41) is 16.5. The topological polar surface area (TPSA) is 345 Å². The highest BCUT2D eigenvalue weighted by Crippen LogP contribution is 2.06. The van der Waals surface area contributed by atoms with Gasteiger partial charge in [0.15, 0.2) is 0 Å². The van der Waals surface area contributed by atoms with E-state index >= 15 is 0 Å². The van der Waals surface area contributed by atoms with Gasteiger partial charge in [0.25, 0.3) is 35.4 Å². The van der Waals surface area contributed by atoms with Crippen molar-refractivity contribution in [3.8, 4) is 0 Å². The number of amides is 12. The summed E-state index contributed by atoms with van der Waals surface area (Å²) in [6.07, 6.45) is 7.16. The zero-order chi connectivity index (χ0) is 55.2. The summed E-state index contributed by atoms with van der Waals surface area (Å²) in [5.41, 5.74) is 0. The normalized spacial score (nSPS) is 13.9. The van der Waals surface area contributed by atoms with E-state index in [1.165, 1.54) is 0 Å². The molecule has 76 heavy (non-hydrogen) atoms. The van der Waals surface area contributed by atoms with Gasteiger partial charge in [0.2, 0.25) is 35.4 Å². The molecule has 0 aromatic carbocycles. The lowest BCUT2D eigenvalue weighted by molar-refractivity contribution is -0.139. The Labute approximate surface area is 440 Å². The summed E-state index contributed by atoms with van der Waals surface area (Å²) >= 11 is 0. The molecule has 0 aromatic heterocycles. The molecule has 0 bridgehead atoms. The van der Waals surface area contributed by atoms with E-state index in [0.29, 0.717) is 19.6 Å². The molecule has 6 N–H and O–H groups in total. The molecule has 0 aromatic rings. The molecular weight excluding hydrogens is 1000 g/mol. The number of carbonyl (C=O) groups is 12. The van der Waals surface area contributed by atoms with Crippen molar-refractivity contribution in [2.75, 3.05) is 158 Å². The van der Waals surface area contributed by atoms with E-state index in [1.807, 2.05) is 4.90 Å². The molecule has 0 spiro atoms. The molecule has 3 rings (SSSR count). The molecule has 12 amide bonds. The maximum absolute atomic E-state index is 12.5. The van der Waals surface area contributed by atoms with Gasteiger partial charge in [0, 0.05) is 154 Å². The van der Waals surface area contributed by atoms with Gasteiger partial charge in [0.05, 0.1) is 79.3 Å². The van der Waals surface area contributed by atoms with Crippen LogP contribution in [0, 0.1) is 0 Å². The molecule has 28 nitrogen and oxygen atoms in total. The van der Waals surface area contributed by atoms with Gasteiger partial charge in [-0.3, -0.25) is 77.1 Å². The van der Waals surface area contributed by atoms with Crippen LogP contribution in [0.3, 0.4) is 0 Å². The predicted octanol–water partition coefficient (Wildman–Crippen LogP) is -4.80.